The molecule has 4 bridgehead atoms. The van der Waals surface area contributed by atoms with E-state index < -0.39 is 0 Å². The molecular formula is C20H28N2. The lowest BCUT2D eigenvalue weighted by molar-refractivity contribution is -0.0143. The second kappa shape index (κ2) is 5.35. The van der Waals surface area contributed by atoms with Crippen LogP contribution in [0, 0.1) is 23.7 Å². The third-order valence-corrected chi connectivity index (χ3v) is 6.99. The van der Waals surface area contributed by atoms with Gasteiger partial charge < -0.3 is 10.6 Å². The highest BCUT2D eigenvalue weighted by atomic mass is 15.0. The number of hydrogen-bond acceptors (Lipinski definition) is 2. The fourth-order valence-electron chi connectivity index (χ4n) is 6.20. The fourth-order valence-corrected chi connectivity index (χ4v) is 6.20. The number of fused-ring (bicyclic) bond motifs is 1. The van der Waals surface area contributed by atoms with Crippen LogP contribution < -0.4 is 10.6 Å². The maximum Gasteiger partial charge on any atom is 0.0236 e. The Bertz CT molecular complexity index is 524. The average Bonchev–Trinajstić information content (AvgIpc) is 2.53. The second-order valence-electron chi connectivity index (χ2n) is 8.42. The van der Waals surface area contributed by atoms with Gasteiger partial charge in [0.1, 0.15) is 0 Å². The Morgan fingerprint density at radius 1 is 0.909 bits per heavy atom. The van der Waals surface area contributed by atoms with Gasteiger partial charge in [-0.15, -0.1) is 0 Å². The van der Waals surface area contributed by atoms with E-state index in [4.69, 9.17) is 0 Å². The van der Waals surface area contributed by atoms with E-state index >= 15 is 0 Å². The Morgan fingerprint density at radius 3 is 2.32 bits per heavy atom. The third kappa shape index (κ3) is 2.32. The molecule has 0 spiro atoms. The van der Waals surface area contributed by atoms with E-state index in [1.54, 1.807) is 12.0 Å². The maximum absolute atomic E-state index is 4.00. The quantitative estimate of drug-likeness (QED) is 0.895. The monoisotopic (exact) mass is 296 g/mol. The second-order valence-corrected chi connectivity index (χ2v) is 8.42. The highest BCUT2D eigenvalue weighted by Crippen LogP contribution is 2.53. The molecule has 0 saturated heterocycles. The molecule has 22 heavy (non-hydrogen) atoms. The smallest absolute Gasteiger partial charge is 0.0236 e. The molecule has 2 heteroatoms. The van der Waals surface area contributed by atoms with Crippen LogP contribution in [0.25, 0.3) is 0 Å². The highest BCUT2D eigenvalue weighted by Gasteiger charge is 2.47. The number of hydrogen-bond donors (Lipinski definition) is 2. The van der Waals surface area contributed by atoms with Gasteiger partial charge in [0, 0.05) is 25.2 Å². The summed E-state index contributed by atoms with van der Waals surface area (Å²) in [6, 6.07) is 10.4. The minimum Gasteiger partial charge on any atom is -0.312 e. The molecule has 1 aliphatic heterocycles. The summed E-state index contributed by atoms with van der Waals surface area (Å²) in [5, 5.41) is 7.74. The van der Waals surface area contributed by atoms with Gasteiger partial charge in [0.05, 0.1) is 0 Å². The van der Waals surface area contributed by atoms with E-state index in [9.17, 15) is 0 Å². The first-order valence-corrected chi connectivity index (χ1v) is 9.38. The van der Waals surface area contributed by atoms with Crippen molar-refractivity contribution in [3.8, 4) is 0 Å². The number of nitrogens with one attached hydrogen (secondary N) is 2. The van der Waals surface area contributed by atoms with Crippen molar-refractivity contribution in [1.82, 2.24) is 10.6 Å². The molecule has 4 fully saturated rings. The molecule has 4 aliphatic carbocycles. The zero-order valence-corrected chi connectivity index (χ0v) is 13.4. The summed E-state index contributed by atoms with van der Waals surface area (Å²) in [6.45, 7) is 2.20. The van der Waals surface area contributed by atoms with Crippen LogP contribution in [-0.2, 0) is 13.0 Å². The van der Waals surface area contributed by atoms with Crippen LogP contribution in [-0.4, -0.2) is 18.6 Å². The molecule has 2 N–H and O–H groups in total. The molecular weight excluding hydrogens is 268 g/mol. The van der Waals surface area contributed by atoms with Crippen LogP contribution in [0.2, 0.25) is 0 Å². The van der Waals surface area contributed by atoms with Crippen LogP contribution in [0.3, 0.4) is 0 Å². The molecule has 5 aliphatic rings. The molecule has 1 atom stereocenters. The third-order valence-electron chi connectivity index (χ3n) is 6.99. The van der Waals surface area contributed by atoms with Crippen LogP contribution >= 0.6 is 0 Å². The van der Waals surface area contributed by atoms with Gasteiger partial charge in [-0.1, -0.05) is 24.3 Å². The van der Waals surface area contributed by atoms with Crippen molar-refractivity contribution < 1.29 is 0 Å². The SMILES string of the molecule is c1ccc2c(c1)CN[C@@H](CNC1C3CC4CC(C3)CC1C4)C2. The van der Waals surface area contributed by atoms with E-state index in [-0.39, 0.29) is 0 Å². The van der Waals surface area contributed by atoms with Crippen molar-refractivity contribution in [1.29, 1.82) is 0 Å². The van der Waals surface area contributed by atoms with Gasteiger partial charge in [-0.25, -0.2) is 0 Å². The summed E-state index contributed by atoms with van der Waals surface area (Å²) in [5.74, 6) is 4.15. The Morgan fingerprint density at radius 2 is 1.59 bits per heavy atom. The van der Waals surface area contributed by atoms with Gasteiger partial charge in [-0.2, -0.15) is 0 Å². The molecule has 2 nitrogen and oxygen atoms in total. The first-order chi connectivity index (χ1) is 10.8. The average molecular weight is 296 g/mol. The zero-order valence-electron chi connectivity index (χ0n) is 13.4. The van der Waals surface area contributed by atoms with Gasteiger partial charge in [0.2, 0.25) is 0 Å². The lowest BCUT2D eigenvalue weighted by atomic mass is 9.54. The molecule has 6 rings (SSSR count). The normalized spacial score (nSPS) is 42.4. The Hall–Kier alpha value is -0.860. The lowest BCUT2D eigenvalue weighted by Crippen LogP contribution is -2.57. The summed E-state index contributed by atoms with van der Waals surface area (Å²) in [5.41, 5.74) is 3.05. The van der Waals surface area contributed by atoms with E-state index in [2.05, 4.69) is 34.9 Å². The topological polar surface area (TPSA) is 24.1 Å². The molecule has 1 aromatic carbocycles. The lowest BCUT2D eigenvalue weighted by Gasteiger charge is -2.54. The Kier molecular flexibility index (Phi) is 3.30. The summed E-state index contributed by atoms with van der Waals surface area (Å²) in [7, 11) is 0. The van der Waals surface area contributed by atoms with Crippen molar-refractivity contribution in [3.63, 3.8) is 0 Å². The van der Waals surface area contributed by atoms with E-state index in [0.29, 0.717) is 6.04 Å². The van der Waals surface area contributed by atoms with Crippen LogP contribution in [0.15, 0.2) is 24.3 Å². The molecule has 0 radical (unpaired) electrons. The molecule has 118 valence electrons. The van der Waals surface area contributed by atoms with E-state index in [1.807, 2.05) is 0 Å². The summed E-state index contributed by atoms with van der Waals surface area (Å²) in [6.07, 6.45) is 8.82. The molecule has 4 saturated carbocycles. The highest BCUT2D eigenvalue weighted by molar-refractivity contribution is 5.30. The maximum atomic E-state index is 4.00. The van der Waals surface area contributed by atoms with E-state index in [1.165, 1.54) is 37.7 Å². The van der Waals surface area contributed by atoms with Gasteiger partial charge >= 0.3 is 0 Å². The summed E-state index contributed by atoms with van der Waals surface area (Å²) in [4.78, 5) is 0. The van der Waals surface area contributed by atoms with Crippen LogP contribution in [0.5, 0.6) is 0 Å². The number of benzene rings is 1. The zero-order chi connectivity index (χ0) is 14.5. The Balaban J connectivity index is 1.22. The fraction of sp³-hybridized carbons (Fsp3) is 0.700. The molecule has 1 heterocycles. The number of rotatable bonds is 3. The van der Waals surface area contributed by atoms with Crippen molar-refractivity contribution >= 4 is 0 Å². The van der Waals surface area contributed by atoms with Crippen LogP contribution in [0.1, 0.15) is 43.2 Å². The molecule has 1 aromatic rings. The van der Waals surface area contributed by atoms with Crippen molar-refractivity contribution in [2.75, 3.05) is 6.54 Å². The summed E-state index contributed by atoms with van der Waals surface area (Å²) < 4.78 is 0. The molecule has 0 amide bonds. The minimum atomic E-state index is 0.618. The van der Waals surface area contributed by atoms with Gasteiger partial charge in [0.25, 0.3) is 0 Å². The van der Waals surface area contributed by atoms with Gasteiger partial charge in [-0.3, -0.25) is 0 Å². The predicted octanol–water partition coefficient (Wildman–Crippen LogP) is 3.12. The molecule has 0 unspecified atom stereocenters. The van der Waals surface area contributed by atoms with Crippen molar-refractivity contribution in [2.24, 2.45) is 23.7 Å². The van der Waals surface area contributed by atoms with Gasteiger partial charge in [0.15, 0.2) is 0 Å². The standard InChI is InChI=1S/C20H28N2/c1-2-4-16-11-21-19(10-15(16)3-1)12-22-20-17-6-13-5-14(8-17)9-18(20)7-13/h1-4,13-14,17-22H,5-12H2/t13?,14?,17?,18?,19-,20?/m1/s1. The van der Waals surface area contributed by atoms with E-state index in [0.717, 1.165) is 42.8 Å². The van der Waals surface area contributed by atoms with Crippen LogP contribution in [0.4, 0.5) is 0 Å². The Labute approximate surface area is 134 Å². The van der Waals surface area contributed by atoms with Gasteiger partial charge in [-0.05, 0) is 73.3 Å². The van der Waals surface area contributed by atoms with Crippen molar-refractivity contribution in [2.45, 2.75) is 57.2 Å². The summed E-state index contributed by atoms with van der Waals surface area (Å²) >= 11 is 0. The largest absolute Gasteiger partial charge is 0.312 e. The first kappa shape index (κ1) is 13.6. The predicted molar refractivity (Wildman–Crippen MR) is 89.6 cm³/mol. The first-order valence-electron chi connectivity index (χ1n) is 9.38. The minimum absolute atomic E-state index is 0.618. The molecule has 0 aromatic heterocycles. The van der Waals surface area contributed by atoms with Crippen molar-refractivity contribution in [3.05, 3.63) is 35.4 Å².